The number of rotatable bonds is 2. The van der Waals surface area contributed by atoms with Crippen LogP contribution >= 0.6 is 11.5 Å². The molecule has 0 unspecified atom stereocenters. The Morgan fingerprint density at radius 2 is 2.27 bits per heavy atom. The average Bonchev–Trinajstić information content (AvgIpc) is 2.62. The predicted molar refractivity (Wildman–Crippen MR) is 58.6 cm³/mol. The molecule has 0 fully saturated rings. The number of nitrogens with zero attached hydrogens (tertiary/aromatic N) is 3. The second kappa shape index (κ2) is 3.92. The lowest BCUT2D eigenvalue weighted by Gasteiger charge is -2.11. The van der Waals surface area contributed by atoms with E-state index in [9.17, 15) is 4.79 Å². The zero-order valence-electron chi connectivity index (χ0n) is 8.39. The van der Waals surface area contributed by atoms with E-state index < -0.39 is 0 Å². The fourth-order valence-electron chi connectivity index (χ4n) is 1.19. The van der Waals surface area contributed by atoms with Crippen molar-refractivity contribution in [3.63, 3.8) is 0 Å². The van der Waals surface area contributed by atoms with Gasteiger partial charge in [-0.2, -0.15) is 0 Å². The molecule has 15 heavy (non-hydrogen) atoms. The summed E-state index contributed by atoms with van der Waals surface area (Å²) in [5, 5.41) is 5.52. The number of aromatic nitrogens is 2. The van der Waals surface area contributed by atoms with Crippen LogP contribution in [-0.2, 0) is 0 Å². The minimum absolute atomic E-state index is 0.144. The Labute approximate surface area is 90.8 Å². The lowest BCUT2D eigenvalue weighted by atomic mass is 10.2. The fraction of sp³-hybridized carbons (Fsp3) is 0.222. The molecule has 5 nitrogen and oxygen atoms in total. The Kier molecular flexibility index (Phi) is 2.61. The van der Waals surface area contributed by atoms with Gasteiger partial charge in [0, 0.05) is 19.7 Å². The summed E-state index contributed by atoms with van der Waals surface area (Å²) in [7, 11) is 3.53. The number of amides is 1. The van der Waals surface area contributed by atoms with Crippen LogP contribution in [0, 0.1) is 0 Å². The molecule has 0 radical (unpaired) electrons. The van der Waals surface area contributed by atoms with Gasteiger partial charge < -0.3 is 0 Å². The molecule has 78 valence electrons. The van der Waals surface area contributed by atoms with Crippen LogP contribution in [0.25, 0.3) is 10.2 Å². The maximum Gasteiger partial charge on any atom is 0.265 e. The number of carbonyl (C=O) groups is 1. The summed E-state index contributed by atoms with van der Waals surface area (Å²) in [6.07, 6.45) is 0. The van der Waals surface area contributed by atoms with Crippen LogP contribution in [0.1, 0.15) is 10.4 Å². The highest BCUT2D eigenvalue weighted by Crippen LogP contribution is 2.16. The van der Waals surface area contributed by atoms with Gasteiger partial charge in [-0.15, -0.1) is 5.10 Å². The zero-order chi connectivity index (χ0) is 10.8. The van der Waals surface area contributed by atoms with Crippen LogP contribution in [0.2, 0.25) is 0 Å². The summed E-state index contributed by atoms with van der Waals surface area (Å²) in [5.41, 5.74) is 4.01. The van der Waals surface area contributed by atoms with E-state index in [2.05, 4.69) is 15.0 Å². The molecule has 0 saturated carbocycles. The summed E-state index contributed by atoms with van der Waals surface area (Å²) in [4.78, 5) is 11.6. The largest absolute Gasteiger partial charge is 0.285 e. The molecule has 0 aliphatic heterocycles. The Morgan fingerprint density at radius 3 is 3.00 bits per heavy atom. The van der Waals surface area contributed by atoms with E-state index in [1.54, 1.807) is 31.2 Å². The summed E-state index contributed by atoms with van der Waals surface area (Å²) in [5.74, 6) is -0.144. The van der Waals surface area contributed by atoms with E-state index in [1.807, 2.05) is 6.07 Å². The predicted octanol–water partition coefficient (Wildman–Crippen LogP) is 0.898. The van der Waals surface area contributed by atoms with Gasteiger partial charge in [-0.25, -0.2) is 5.01 Å². The Balaban J connectivity index is 2.31. The molecule has 2 aromatic rings. The summed E-state index contributed by atoms with van der Waals surface area (Å²) in [6.45, 7) is 0. The molecule has 0 spiro atoms. The van der Waals surface area contributed by atoms with Crippen molar-refractivity contribution in [2.75, 3.05) is 14.1 Å². The Hall–Kier alpha value is -1.53. The van der Waals surface area contributed by atoms with Crippen molar-refractivity contribution < 1.29 is 4.79 Å². The molecule has 0 aliphatic carbocycles. The monoisotopic (exact) mass is 222 g/mol. The maximum atomic E-state index is 11.6. The minimum Gasteiger partial charge on any atom is -0.285 e. The lowest BCUT2D eigenvalue weighted by molar-refractivity contribution is 0.0857. The number of benzene rings is 1. The lowest BCUT2D eigenvalue weighted by Crippen LogP contribution is -2.36. The van der Waals surface area contributed by atoms with E-state index in [1.165, 1.54) is 11.5 Å². The maximum absolute atomic E-state index is 11.6. The molecule has 0 bridgehead atoms. The topological polar surface area (TPSA) is 58.1 Å². The zero-order valence-corrected chi connectivity index (χ0v) is 9.21. The number of hydrazine groups is 1. The minimum atomic E-state index is -0.144. The van der Waals surface area contributed by atoms with Crippen molar-refractivity contribution in [2.45, 2.75) is 0 Å². The van der Waals surface area contributed by atoms with E-state index in [-0.39, 0.29) is 5.91 Å². The Morgan fingerprint density at radius 1 is 1.47 bits per heavy atom. The van der Waals surface area contributed by atoms with Gasteiger partial charge in [0.25, 0.3) is 5.91 Å². The third-order valence-electron chi connectivity index (χ3n) is 1.83. The van der Waals surface area contributed by atoms with Gasteiger partial charge in [-0.05, 0) is 29.7 Å². The summed E-state index contributed by atoms with van der Waals surface area (Å²) < 4.78 is 4.80. The van der Waals surface area contributed by atoms with E-state index in [0.29, 0.717) is 5.56 Å². The highest BCUT2D eigenvalue weighted by molar-refractivity contribution is 7.12. The molecule has 1 amide bonds. The van der Waals surface area contributed by atoms with Crippen LogP contribution in [0.15, 0.2) is 18.2 Å². The molecular weight excluding hydrogens is 212 g/mol. The number of nitrogens with one attached hydrogen (secondary N) is 1. The van der Waals surface area contributed by atoms with E-state index >= 15 is 0 Å². The van der Waals surface area contributed by atoms with Gasteiger partial charge in [-0.1, -0.05) is 4.49 Å². The van der Waals surface area contributed by atoms with Gasteiger partial charge in [0.1, 0.15) is 5.52 Å². The normalized spacial score (nSPS) is 10.9. The van der Waals surface area contributed by atoms with Gasteiger partial charge in [0.2, 0.25) is 0 Å². The molecular formula is C9H10N4OS. The van der Waals surface area contributed by atoms with Gasteiger partial charge >= 0.3 is 0 Å². The van der Waals surface area contributed by atoms with Crippen molar-refractivity contribution >= 4 is 27.7 Å². The van der Waals surface area contributed by atoms with Crippen LogP contribution in [0.5, 0.6) is 0 Å². The number of fused-ring (bicyclic) bond motifs is 1. The molecule has 1 aromatic carbocycles. The Bertz CT molecular complexity index is 494. The van der Waals surface area contributed by atoms with E-state index in [0.717, 1.165) is 10.2 Å². The second-order valence-corrected chi connectivity index (χ2v) is 4.08. The first kappa shape index (κ1) is 10.0. The summed E-state index contributed by atoms with van der Waals surface area (Å²) >= 11 is 1.32. The van der Waals surface area contributed by atoms with Crippen LogP contribution < -0.4 is 5.43 Å². The quantitative estimate of drug-likeness (QED) is 0.767. The van der Waals surface area contributed by atoms with Crippen molar-refractivity contribution in [1.29, 1.82) is 0 Å². The standard InChI is InChI=1S/C9H10N4OS/c1-13(2)11-9(14)6-3-4-8-7(5-6)10-12-15-8/h3-5H,1-2H3,(H,11,14). The van der Waals surface area contributed by atoms with Crippen molar-refractivity contribution in [2.24, 2.45) is 0 Å². The molecule has 1 aromatic heterocycles. The van der Waals surface area contributed by atoms with Crippen molar-refractivity contribution in [3.8, 4) is 0 Å². The average molecular weight is 222 g/mol. The molecule has 1 heterocycles. The van der Waals surface area contributed by atoms with Crippen LogP contribution in [0.3, 0.4) is 0 Å². The molecule has 6 heteroatoms. The first-order chi connectivity index (χ1) is 7.16. The third kappa shape index (κ3) is 2.11. The number of hydrogen-bond acceptors (Lipinski definition) is 5. The molecule has 2 rings (SSSR count). The van der Waals surface area contributed by atoms with Crippen molar-refractivity contribution in [3.05, 3.63) is 23.8 Å². The molecule has 1 N–H and O–H groups in total. The number of hydrogen-bond donors (Lipinski definition) is 1. The smallest absolute Gasteiger partial charge is 0.265 e. The molecule has 0 atom stereocenters. The number of carbonyl (C=O) groups excluding carboxylic acids is 1. The first-order valence-electron chi connectivity index (χ1n) is 4.37. The first-order valence-corrected chi connectivity index (χ1v) is 5.14. The summed E-state index contributed by atoms with van der Waals surface area (Å²) in [6, 6.07) is 5.35. The SMILES string of the molecule is CN(C)NC(=O)c1ccc2snnc2c1. The van der Waals surface area contributed by atoms with Crippen LogP contribution in [-0.4, -0.2) is 34.6 Å². The fourth-order valence-corrected chi connectivity index (χ4v) is 1.73. The van der Waals surface area contributed by atoms with E-state index in [4.69, 9.17) is 0 Å². The highest BCUT2D eigenvalue weighted by atomic mass is 32.1. The van der Waals surface area contributed by atoms with Gasteiger partial charge in [0.05, 0.1) is 4.70 Å². The van der Waals surface area contributed by atoms with Gasteiger partial charge in [-0.3, -0.25) is 10.2 Å². The highest BCUT2D eigenvalue weighted by Gasteiger charge is 2.08. The molecule has 0 aliphatic rings. The third-order valence-corrected chi connectivity index (χ3v) is 2.54. The van der Waals surface area contributed by atoms with Gasteiger partial charge in [0.15, 0.2) is 0 Å². The molecule has 0 saturated heterocycles. The van der Waals surface area contributed by atoms with Crippen LogP contribution in [0.4, 0.5) is 0 Å². The van der Waals surface area contributed by atoms with Crippen molar-refractivity contribution in [1.82, 2.24) is 20.0 Å². The second-order valence-electron chi connectivity index (χ2n) is 3.29.